The number of nitrogens with zero attached hydrogens (tertiary/aromatic N) is 2. The van der Waals surface area contributed by atoms with Gasteiger partial charge in [-0.15, -0.1) is 0 Å². The maximum absolute atomic E-state index is 10.5. The van der Waals surface area contributed by atoms with Crippen molar-refractivity contribution in [1.82, 2.24) is 15.6 Å². The van der Waals surface area contributed by atoms with Gasteiger partial charge in [-0.25, -0.2) is 4.79 Å². The van der Waals surface area contributed by atoms with Gasteiger partial charge in [0.05, 0.1) is 12.2 Å². The molecule has 7 heteroatoms. The van der Waals surface area contributed by atoms with Gasteiger partial charge < -0.3 is 19.5 Å². The quantitative estimate of drug-likeness (QED) is 0.798. The number of carboxylic acid groups (broad SMARTS) is 1. The van der Waals surface area contributed by atoms with Gasteiger partial charge in [0.25, 0.3) is 0 Å². The van der Waals surface area contributed by atoms with E-state index in [9.17, 15) is 4.79 Å². The summed E-state index contributed by atoms with van der Waals surface area (Å²) < 4.78 is 9.73. The van der Waals surface area contributed by atoms with Crippen molar-refractivity contribution < 1.29 is 18.9 Å². The predicted molar refractivity (Wildman–Crippen MR) is 55.2 cm³/mol. The van der Waals surface area contributed by atoms with E-state index < -0.39 is 5.97 Å². The van der Waals surface area contributed by atoms with E-state index in [1.807, 2.05) is 13.0 Å². The van der Waals surface area contributed by atoms with Crippen LogP contribution in [0.2, 0.25) is 0 Å². The summed E-state index contributed by atoms with van der Waals surface area (Å²) in [7, 11) is 0. The fourth-order valence-electron chi connectivity index (χ4n) is 1.31. The molecule has 2 heterocycles. The number of carbonyl (C=O) groups is 1. The third kappa shape index (κ3) is 2.91. The largest absolute Gasteiger partial charge is 0.476 e. The lowest BCUT2D eigenvalue weighted by Gasteiger charge is -1.96. The molecule has 90 valence electrons. The minimum Gasteiger partial charge on any atom is -0.476 e. The minimum atomic E-state index is -1.10. The van der Waals surface area contributed by atoms with Gasteiger partial charge in [0.15, 0.2) is 11.5 Å². The van der Waals surface area contributed by atoms with E-state index >= 15 is 0 Å². The number of aromatic nitrogens is 2. The maximum atomic E-state index is 10.5. The van der Waals surface area contributed by atoms with Crippen LogP contribution in [0.5, 0.6) is 0 Å². The number of aryl methyl sites for hydroxylation is 1. The van der Waals surface area contributed by atoms with Crippen molar-refractivity contribution in [2.24, 2.45) is 0 Å². The third-order valence-electron chi connectivity index (χ3n) is 2.06. The molecule has 2 N–H and O–H groups in total. The van der Waals surface area contributed by atoms with Crippen LogP contribution in [0, 0.1) is 6.92 Å². The van der Waals surface area contributed by atoms with Crippen molar-refractivity contribution in [3.63, 3.8) is 0 Å². The highest BCUT2D eigenvalue weighted by molar-refractivity contribution is 5.85. The van der Waals surface area contributed by atoms with Crippen LogP contribution in [0.1, 0.15) is 27.7 Å². The Labute approximate surface area is 96.4 Å². The van der Waals surface area contributed by atoms with E-state index in [0.717, 1.165) is 11.5 Å². The lowest BCUT2D eigenvalue weighted by molar-refractivity contribution is 0.0685. The average molecular weight is 237 g/mol. The Hall–Kier alpha value is -2.15. The molecule has 17 heavy (non-hydrogen) atoms. The first-order valence-corrected chi connectivity index (χ1v) is 4.97. The van der Waals surface area contributed by atoms with E-state index in [0.29, 0.717) is 18.8 Å². The first-order chi connectivity index (χ1) is 8.15. The lowest BCUT2D eigenvalue weighted by Crippen LogP contribution is -2.12. The van der Waals surface area contributed by atoms with Crippen LogP contribution in [0.3, 0.4) is 0 Å². The molecule has 2 aromatic rings. The second-order valence-electron chi connectivity index (χ2n) is 3.52. The maximum Gasteiger partial charge on any atom is 0.358 e. The summed E-state index contributed by atoms with van der Waals surface area (Å²) >= 11 is 0. The summed E-state index contributed by atoms with van der Waals surface area (Å²) in [4.78, 5) is 10.5. The Bertz CT molecular complexity index is 517. The van der Waals surface area contributed by atoms with Gasteiger partial charge in [0.1, 0.15) is 5.76 Å². The smallest absolute Gasteiger partial charge is 0.358 e. The van der Waals surface area contributed by atoms with Gasteiger partial charge in [0.2, 0.25) is 0 Å². The van der Waals surface area contributed by atoms with Gasteiger partial charge in [-0.2, -0.15) is 0 Å². The monoisotopic (exact) mass is 237 g/mol. The number of nitrogens with one attached hydrogen (secondary N) is 1. The fraction of sp³-hybridized carbons (Fsp3) is 0.300. The number of rotatable bonds is 5. The molecule has 0 radical (unpaired) electrons. The van der Waals surface area contributed by atoms with Crippen LogP contribution in [-0.4, -0.2) is 21.4 Å². The van der Waals surface area contributed by atoms with E-state index in [2.05, 4.69) is 15.6 Å². The zero-order chi connectivity index (χ0) is 12.3. The highest BCUT2D eigenvalue weighted by Gasteiger charge is 2.10. The number of carboxylic acids is 1. The average Bonchev–Trinajstić information content (AvgIpc) is 2.88. The molecule has 0 aliphatic heterocycles. The summed E-state index contributed by atoms with van der Waals surface area (Å²) in [6.45, 7) is 2.71. The Morgan fingerprint density at radius 1 is 1.35 bits per heavy atom. The lowest BCUT2D eigenvalue weighted by atomic mass is 10.3. The van der Waals surface area contributed by atoms with E-state index in [4.69, 9.17) is 14.2 Å². The van der Waals surface area contributed by atoms with Crippen molar-refractivity contribution >= 4 is 5.97 Å². The molecular weight excluding hydrogens is 226 g/mol. The van der Waals surface area contributed by atoms with Crippen molar-refractivity contribution in [2.75, 3.05) is 0 Å². The number of hydrogen-bond donors (Lipinski definition) is 2. The summed E-state index contributed by atoms with van der Waals surface area (Å²) in [5.41, 5.74) is 0.680. The zero-order valence-electron chi connectivity index (χ0n) is 9.14. The number of hydrogen-bond acceptors (Lipinski definition) is 6. The zero-order valence-corrected chi connectivity index (χ0v) is 9.14. The number of aromatic carboxylic acids is 1. The molecule has 0 amide bonds. The predicted octanol–water partition coefficient (Wildman–Crippen LogP) is 0.959. The molecule has 0 aliphatic carbocycles. The summed E-state index contributed by atoms with van der Waals surface area (Å²) in [5, 5.41) is 18.9. The molecule has 0 bridgehead atoms. The molecule has 7 nitrogen and oxygen atoms in total. The first-order valence-electron chi connectivity index (χ1n) is 4.97. The Morgan fingerprint density at radius 3 is 2.76 bits per heavy atom. The van der Waals surface area contributed by atoms with Crippen molar-refractivity contribution in [3.05, 3.63) is 35.0 Å². The SMILES string of the molecule is Cc1cc(CNCc2cc(C(=O)O)no2)no1. The second kappa shape index (κ2) is 4.79. The topological polar surface area (TPSA) is 101 Å². The van der Waals surface area contributed by atoms with Crippen LogP contribution in [0.4, 0.5) is 0 Å². The molecular formula is C10H11N3O4. The van der Waals surface area contributed by atoms with Gasteiger partial charge in [0, 0.05) is 18.7 Å². The van der Waals surface area contributed by atoms with Crippen LogP contribution in [-0.2, 0) is 13.1 Å². The Kier molecular flexibility index (Phi) is 3.20. The molecule has 0 saturated carbocycles. The first kappa shape index (κ1) is 11.3. The molecule has 2 rings (SSSR count). The molecule has 0 saturated heterocycles. The van der Waals surface area contributed by atoms with E-state index in [-0.39, 0.29) is 5.69 Å². The standard InChI is InChI=1S/C10H11N3O4/c1-6-2-7(12-16-6)4-11-5-8-3-9(10(14)15)13-17-8/h2-3,11H,4-5H2,1H3,(H,14,15). The summed E-state index contributed by atoms with van der Waals surface area (Å²) in [6.07, 6.45) is 0. The van der Waals surface area contributed by atoms with Gasteiger partial charge in [-0.05, 0) is 6.92 Å². The molecule has 0 unspecified atom stereocenters. The fourth-order valence-corrected chi connectivity index (χ4v) is 1.31. The molecule has 0 atom stereocenters. The van der Waals surface area contributed by atoms with E-state index in [1.54, 1.807) is 0 Å². The van der Waals surface area contributed by atoms with Crippen molar-refractivity contribution in [2.45, 2.75) is 20.0 Å². The normalized spacial score (nSPS) is 10.6. The minimum absolute atomic E-state index is 0.0981. The van der Waals surface area contributed by atoms with Crippen molar-refractivity contribution in [3.8, 4) is 0 Å². The van der Waals surface area contributed by atoms with Gasteiger partial charge in [-0.3, -0.25) is 0 Å². The van der Waals surface area contributed by atoms with E-state index in [1.165, 1.54) is 6.07 Å². The molecule has 0 spiro atoms. The second-order valence-corrected chi connectivity index (χ2v) is 3.52. The Morgan fingerprint density at radius 2 is 2.18 bits per heavy atom. The molecule has 0 aromatic carbocycles. The summed E-state index contributed by atoms with van der Waals surface area (Å²) in [6, 6.07) is 3.19. The third-order valence-corrected chi connectivity index (χ3v) is 2.06. The van der Waals surface area contributed by atoms with Crippen LogP contribution < -0.4 is 5.32 Å². The highest BCUT2D eigenvalue weighted by Crippen LogP contribution is 2.04. The van der Waals surface area contributed by atoms with Gasteiger partial charge in [-0.1, -0.05) is 10.3 Å². The Balaban J connectivity index is 1.83. The van der Waals surface area contributed by atoms with Crippen molar-refractivity contribution in [1.29, 1.82) is 0 Å². The van der Waals surface area contributed by atoms with Crippen LogP contribution >= 0.6 is 0 Å². The summed E-state index contributed by atoms with van der Waals surface area (Å²) in [5.74, 6) is 0.101. The highest BCUT2D eigenvalue weighted by atomic mass is 16.5. The molecule has 0 fully saturated rings. The molecule has 0 aliphatic rings. The van der Waals surface area contributed by atoms with Crippen LogP contribution in [0.15, 0.2) is 21.2 Å². The van der Waals surface area contributed by atoms with Gasteiger partial charge >= 0.3 is 5.97 Å². The van der Waals surface area contributed by atoms with Crippen LogP contribution in [0.25, 0.3) is 0 Å². The molecule has 2 aromatic heterocycles.